The third kappa shape index (κ3) is 4.80. The SMILES string of the molecule is O=C(O)NCc1ncc(-c2nc(N3CCOCC3)c3nc(Cl)n(CC(F)(F)F)c3n2)cn1. The third-order valence-electron chi connectivity index (χ3n) is 4.54. The number of aromatic nitrogens is 6. The molecule has 0 aromatic carbocycles. The second kappa shape index (κ2) is 8.70. The van der Waals surface area contributed by atoms with E-state index in [1.807, 2.05) is 4.90 Å². The molecule has 4 rings (SSSR count). The predicted molar refractivity (Wildman–Crippen MR) is 105 cm³/mol. The molecule has 1 amide bonds. The fourth-order valence-electron chi connectivity index (χ4n) is 3.12. The summed E-state index contributed by atoms with van der Waals surface area (Å²) in [4.78, 5) is 33.4. The van der Waals surface area contributed by atoms with Crippen molar-refractivity contribution in [3.05, 3.63) is 23.5 Å². The number of morpholine rings is 1. The summed E-state index contributed by atoms with van der Waals surface area (Å²) in [5.74, 6) is 0.611. The molecule has 0 spiro atoms. The van der Waals surface area contributed by atoms with Crippen LogP contribution in [0.1, 0.15) is 5.82 Å². The lowest BCUT2D eigenvalue weighted by Gasteiger charge is -2.28. The number of nitrogens with zero attached hydrogens (tertiary/aromatic N) is 7. The van der Waals surface area contributed by atoms with Gasteiger partial charge >= 0.3 is 12.3 Å². The minimum absolute atomic E-state index is 0.0737. The maximum absolute atomic E-state index is 13.1. The molecule has 1 saturated heterocycles. The summed E-state index contributed by atoms with van der Waals surface area (Å²) in [7, 11) is 0. The second-order valence-electron chi connectivity index (χ2n) is 6.77. The number of ether oxygens (including phenoxy) is 1. The number of anilines is 1. The highest BCUT2D eigenvalue weighted by Crippen LogP contribution is 2.31. The number of amides is 1. The average molecular weight is 473 g/mol. The first kappa shape index (κ1) is 22.0. The van der Waals surface area contributed by atoms with Crippen molar-refractivity contribution in [3.63, 3.8) is 0 Å². The lowest BCUT2D eigenvalue weighted by molar-refractivity contribution is -0.140. The molecule has 0 bridgehead atoms. The van der Waals surface area contributed by atoms with Crippen molar-refractivity contribution >= 4 is 34.7 Å². The molecule has 3 aromatic rings. The van der Waals surface area contributed by atoms with Gasteiger partial charge in [-0.25, -0.2) is 29.7 Å². The normalized spacial score (nSPS) is 14.7. The Hall–Kier alpha value is -3.26. The van der Waals surface area contributed by atoms with Crippen LogP contribution in [0, 0.1) is 0 Å². The fourth-order valence-corrected chi connectivity index (χ4v) is 3.34. The molecule has 11 nitrogen and oxygen atoms in total. The average Bonchev–Trinajstić information content (AvgIpc) is 3.06. The first-order chi connectivity index (χ1) is 15.2. The molecule has 170 valence electrons. The van der Waals surface area contributed by atoms with Gasteiger partial charge in [-0.15, -0.1) is 0 Å². The lowest BCUT2D eigenvalue weighted by Crippen LogP contribution is -2.37. The molecule has 0 radical (unpaired) electrons. The smallest absolute Gasteiger partial charge is 0.406 e. The lowest BCUT2D eigenvalue weighted by atomic mass is 10.3. The van der Waals surface area contributed by atoms with Crippen LogP contribution in [0.5, 0.6) is 0 Å². The Balaban J connectivity index is 1.79. The van der Waals surface area contributed by atoms with Crippen molar-refractivity contribution in [2.75, 3.05) is 31.2 Å². The largest absolute Gasteiger partial charge is 0.465 e. The Labute approximate surface area is 183 Å². The van der Waals surface area contributed by atoms with Gasteiger partial charge in [-0.1, -0.05) is 0 Å². The number of imidazole rings is 1. The van der Waals surface area contributed by atoms with Gasteiger partial charge < -0.3 is 20.1 Å². The van der Waals surface area contributed by atoms with E-state index in [9.17, 15) is 18.0 Å². The fraction of sp³-hybridized carbons (Fsp3) is 0.412. The molecule has 15 heteroatoms. The van der Waals surface area contributed by atoms with Gasteiger partial charge in [-0.05, 0) is 11.6 Å². The van der Waals surface area contributed by atoms with Gasteiger partial charge in [0.25, 0.3) is 0 Å². The molecule has 1 aliphatic rings. The predicted octanol–water partition coefficient (Wildman–Crippen LogP) is 2.10. The highest BCUT2D eigenvalue weighted by Gasteiger charge is 2.32. The standard InChI is InChI=1S/C17H16ClF3N8O3/c18-15-25-11-13(28-1-3-32-4-2-28)26-12(27-14(11)29(15)8-17(19,20)21)9-5-22-10(23-6-9)7-24-16(30)31/h5-6,24H,1-4,7-8H2,(H,30,31). The van der Waals surface area contributed by atoms with E-state index in [1.54, 1.807) is 0 Å². The molecule has 1 aliphatic heterocycles. The van der Waals surface area contributed by atoms with Gasteiger partial charge in [-0.2, -0.15) is 13.2 Å². The molecule has 0 atom stereocenters. The molecular formula is C17H16ClF3N8O3. The van der Waals surface area contributed by atoms with Crippen LogP contribution in [0.3, 0.4) is 0 Å². The van der Waals surface area contributed by atoms with E-state index in [2.05, 4.69) is 30.2 Å². The monoisotopic (exact) mass is 472 g/mol. The van der Waals surface area contributed by atoms with Crippen molar-refractivity contribution in [1.82, 2.24) is 34.8 Å². The summed E-state index contributed by atoms with van der Waals surface area (Å²) in [6.07, 6.45) is -3.04. The molecule has 0 saturated carbocycles. The van der Waals surface area contributed by atoms with E-state index < -0.39 is 18.8 Å². The van der Waals surface area contributed by atoms with Crippen molar-refractivity contribution in [2.45, 2.75) is 19.3 Å². The van der Waals surface area contributed by atoms with Gasteiger partial charge in [0, 0.05) is 25.5 Å². The van der Waals surface area contributed by atoms with E-state index in [4.69, 9.17) is 21.4 Å². The Morgan fingerprint density at radius 3 is 2.50 bits per heavy atom. The molecule has 0 aliphatic carbocycles. The number of carbonyl (C=O) groups is 1. The molecule has 2 N–H and O–H groups in total. The highest BCUT2D eigenvalue weighted by atomic mass is 35.5. The zero-order valence-electron chi connectivity index (χ0n) is 16.3. The topological polar surface area (TPSA) is 131 Å². The van der Waals surface area contributed by atoms with E-state index in [1.165, 1.54) is 12.4 Å². The van der Waals surface area contributed by atoms with E-state index in [0.29, 0.717) is 37.7 Å². The maximum Gasteiger partial charge on any atom is 0.406 e. The summed E-state index contributed by atoms with van der Waals surface area (Å²) >= 11 is 6.03. The molecule has 0 unspecified atom stereocenters. The highest BCUT2D eigenvalue weighted by molar-refractivity contribution is 6.29. The maximum atomic E-state index is 13.1. The molecular weight excluding hydrogens is 457 g/mol. The van der Waals surface area contributed by atoms with Crippen LogP contribution in [0.4, 0.5) is 23.8 Å². The number of hydrogen-bond acceptors (Lipinski definition) is 8. The first-order valence-corrected chi connectivity index (χ1v) is 9.70. The van der Waals surface area contributed by atoms with E-state index in [-0.39, 0.29) is 34.6 Å². The number of alkyl halides is 3. The van der Waals surface area contributed by atoms with Gasteiger partial charge in [0.15, 0.2) is 22.8 Å². The number of nitrogens with one attached hydrogen (secondary N) is 1. The van der Waals surface area contributed by atoms with Crippen LogP contribution in [-0.4, -0.2) is 73.2 Å². The van der Waals surface area contributed by atoms with Crippen LogP contribution < -0.4 is 10.2 Å². The van der Waals surface area contributed by atoms with Crippen LogP contribution in [-0.2, 0) is 17.8 Å². The van der Waals surface area contributed by atoms with Crippen molar-refractivity contribution < 1.29 is 27.8 Å². The number of fused-ring (bicyclic) bond motifs is 1. The molecule has 1 fully saturated rings. The number of rotatable bonds is 5. The summed E-state index contributed by atoms with van der Waals surface area (Å²) in [5, 5.41) is 10.5. The molecule has 3 aromatic heterocycles. The van der Waals surface area contributed by atoms with Gasteiger partial charge in [0.2, 0.25) is 5.28 Å². The number of halogens is 4. The molecule has 4 heterocycles. The van der Waals surface area contributed by atoms with Crippen molar-refractivity contribution in [2.24, 2.45) is 0 Å². The minimum Gasteiger partial charge on any atom is -0.465 e. The summed E-state index contributed by atoms with van der Waals surface area (Å²) in [5.41, 5.74) is 0.403. The minimum atomic E-state index is -4.54. The van der Waals surface area contributed by atoms with Crippen molar-refractivity contribution in [3.8, 4) is 11.4 Å². The van der Waals surface area contributed by atoms with Crippen LogP contribution >= 0.6 is 11.6 Å². The van der Waals surface area contributed by atoms with Gasteiger partial charge in [0.05, 0.1) is 25.3 Å². The Morgan fingerprint density at radius 2 is 1.88 bits per heavy atom. The Bertz CT molecular complexity index is 1130. The first-order valence-electron chi connectivity index (χ1n) is 9.32. The molecule has 32 heavy (non-hydrogen) atoms. The summed E-state index contributed by atoms with van der Waals surface area (Å²) in [6, 6.07) is 0. The van der Waals surface area contributed by atoms with Crippen LogP contribution in [0.25, 0.3) is 22.6 Å². The Kier molecular flexibility index (Phi) is 5.97. The number of carboxylic acid groups (broad SMARTS) is 1. The summed E-state index contributed by atoms with van der Waals surface area (Å²) < 4.78 is 45.5. The van der Waals surface area contributed by atoms with Gasteiger partial charge in [0.1, 0.15) is 12.4 Å². The van der Waals surface area contributed by atoms with Crippen LogP contribution in [0.2, 0.25) is 5.28 Å². The zero-order chi connectivity index (χ0) is 22.9. The van der Waals surface area contributed by atoms with E-state index in [0.717, 1.165) is 4.57 Å². The zero-order valence-corrected chi connectivity index (χ0v) is 17.1. The Morgan fingerprint density at radius 1 is 1.19 bits per heavy atom. The van der Waals surface area contributed by atoms with Crippen molar-refractivity contribution in [1.29, 1.82) is 0 Å². The third-order valence-corrected chi connectivity index (χ3v) is 4.83. The summed E-state index contributed by atoms with van der Waals surface area (Å²) in [6.45, 7) is 0.301. The quantitative estimate of drug-likeness (QED) is 0.536. The van der Waals surface area contributed by atoms with Crippen LogP contribution in [0.15, 0.2) is 12.4 Å². The van der Waals surface area contributed by atoms with E-state index >= 15 is 0 Å². The second-order valence-corrected chi connectivity index (χ2v) is 7.11. The van der Waals surface area contributed by atoms with Gasteiger partial charge in [-0.3, -0.25) is 4.57 Å². The number of hydrogen-bond donors (Lipinski definition) is 2.